The van der Waals surface area contributed by atoms with Crippen molar-refractivity contribution in [1.82, 2.24) is 0 Å². The van der Waals surface area contributed by atoms with Crippen molar-refractivity contribution in [1.29, 1.82) is 0 Å². The van der Waals surface area contributed by atoms with Crippen LogP contribution in [-0.2, 0) is 37.1 Å². The predicted octanol–water partition coefficient (Wildman–Crippen LogP) is 17.7. The summed E-state index contributed by atoms with van der Waals surface area (Å²) < 4.78 is 272. The Labute approximate surface area is 389 Å². The lowest BCUT2D eigenvalue weighted by molar-refractivity contribution is -0.953. The largest absolute Gasteiger partial charge is 0.864 e. The zero-order valence-electron chi connectivity index (χ0n) is 38.3. The van der Waals surface area contributed by atoms with Crippen LogP contribution in [-0.4, -0.2) is 31.4 Å². The summed E-state index contributed by atoms with van der Waals surface area (Å²) in [4.78, 5) is 0. The van der Waals surface area contributed by atoms with Crippen molar-refractivity contribution in [3.63, 3.8) is 0 Å². The van der Waals surface area contributed by atoms with Gasteiger partial charge in [-0.1, -0.05) is 84.0 Å². The molecule has 0 heterocycles. The van der Waals surface area contributed by atoms with Gasteiger partial charge in [0.2, 0.25) is 0 Å². The summed E-state index contributed by atoms with van der Waals surface area (Å²) in [5, 5.41) is 0. The SMILES string of the molecule is CCCCCCCCCCCCCCCC(c1c(OB(Oc2cc(C(F)(F)F)cc(C(F)(F)F)c2)Oc2cc(C(F)(F)F)cc(C(F)(F)F)c2)cc(C(F)(F)F)cc1C(F)(F)F)[N+](CC)(CC)CC. The molecule has 0 aliphatic carbocycles. The third-order valence-electron chi connectivity index (χ3n) is 12.0. The average Bonchev–Trinajstić information content (AvgIpc) is 3.23. The molecule has 390 valence electrons. The van der Waals surface area contributed by atoms with Crippen molar-refractivity contribution in [2.45, 2.75) is 161 Å². The van der Waals surface area contributed by atoms with Crippen LogP contribution in [0, 0.1) is 0 Å². The molecule has 0 radical (unpaired) electrons. The lowest BCUT2D eigenvalue weighted by atomic mass is 9.89. The molecule has 0 aliphatic rings. The molecule has 0 saturated carbocycles. The molecule has 0 N–H and O–H groups in total. The van der Waals surface area contributed by atoms with Crippen molar-refractivity contribution < 1.29 is 97.5 Å². The number of unbranched alkanes of at least 4 members (excludes halogenated alkanes) is 12. The Morgan fingerprint density at radius 3 is 1.01 bits per heavy atom. The van der Waals surface area contributed by atoms with Crippen LogP contribution >= 0.6 is 0 Å². The highest BCUT2D eigenvalue weighted by molar-refractivity contribution is 6.39. The first-order valence-corrected chi connectivity index (χ1v) is 22.6. The van der Waals surface area contributed by atoms with Crippen LogP contribution in [0.5, 0.6) is 17.2 Å². The summed E-state index contributed by atoms with van der Waals surface area (Å²) in [6.07, 6.45) is -22.2. The van der Waals surface area contributed by atoms with Crippen LogP contribution < -0.4 is 14.0 Å². The van der Waals surface area contributed by atoms with E-state index in [9.17, 15) is 65.9 Å². The second-order valence-corrected chi connectivity index (χ2v) is 16.8. The van der Waals surface area contributed by atoms with E-state index < -0.39 is 119 Å². The van der Waals surface area contributed by atoms with Crippen LogP contribution in [0.3, 0.4) is 0 Å². The molecular formula is C46H55BF18NO3+. The topological polar surface area (TPSA) is 27.7 Å². The average molecular weight is 1020 g/mol. The van der Waals surface area contributed by atoms with E-state index in [-0.39, 0.29) is 73.4 Å². The first-order valence-electron chi connectivity index (χ1n) is 22.6. The monoisotopic (exact) mass is 1020 g/mol. The summed E-state index contributed by atoms with van der Waals surface area (Å²) in [5.41, 5.74) is -13.4. The molecule has 3 aromatic rings. The van der Waals surface area contributed by atoms with E-state index in [4.69, 9.17) is 14.0 Å². The van der Waals surface area contributed by atoms with E-state index in [0.29, 0.717) is 12.8 Å². The maximum atomic E-state index is 15.3. The van der Waals surface area contributed by atoms with Gasteiger partial charge >= 0.3 is 44.4 Å². The van der Waals surface area contributed by atoms with Crippen LogP contribution in [0.1, 0.15) is 163 Å². The van der Waals surface area contributed by atoms with E-state index in [1.807, 2.05) is 0 Å². The molecule has 1 atom stereocenters. The number of quaternary nitrogens is 1. The van der Waals surface area contributed by atoms with Gasteiger partial charge < -0.3 is 18.4 Å². The van der Waals surface area contributed by atoms with Crippen molar-refractivity contribution in [3.8, 4) is 17.2 Å². The Bertz CT molecular complexity index is 1910. The molecule has 0 aromatic heterocycles. The maximum Gasteiger partial charge on any atom is 0.864 e. The molecule has 23 heteroatoms. The van der Waals surface area contributed by atoms with Gasteiger partial charge in [0.25, 0.3) is 0 Å². The maximum absolute atomic E-state index is 15.3. The van der Waals surface area contributed by atoms with E-state index >= 15 is 13.2 Å². The molecule has 4 nitrogen and oxygen atoms in total. The molecule has 3 aromatic carbocycles. The van der Waals surface area contributed by atoms with E-state index in [2.05, 4.69) is 6.92 Å². The minimum atomic E-state index is -5.64. The zero-order chi connectivity index (χ0) is 52.2. The summed E-state index contributed by atoms with van der Waals surface area (Å²) in [6.45, 7) is 6.97. The number of hydrogen-bond acceptors (Lipinski definition) is 3. The fourth-order valence-corrected chi connectivity index (χ4v) is 8.23. The van der Waals surface area contributed by atoms with Gasteiger partial charge in [-0.25, -0.2) is 0 Å². The minimum absolute atomic E-state index is 0.0112. The van der Waals surface area contributed by atoms with E-state index in [0.717, 1.165) is 57.8 Å². The Kier molecular flexibility index (Phi) is 20.8. The van der Waals surface area contributed by atoms with E-state index in [1.54, 1.807) is 20.8 Å². The predicted molar refractivity (Wildman–Crippen MR) is 222 cm³/mol. The standard InChI is InChI=1S/C46H55BF18NO3/c1-5-9-10-11-12-13-14-15-16-17-18-19-20-21-38(66(6-2,7-3)8-4)40-37(46(63,64)65)28-34(45(60,61)62)29-39(40)69-47(67-35-24-30(41(48,49)50)22-31(25-35)42(51,52)53)68-36-26-32(43(54,55)56)23-33(27-36)44(57,58)59/h22-29,38H,5-21H2,1-4H3/q+1. The highest BCUT2D eigenvalue weighted by atomic mass is 19.4. The number of hydrogen-bond donors (Lipinski definition) is 0. The molecule has 0 fully saturated rings. The van der Waals surface area contributed by atoms with Gasteiger partial charge in [-0.05, 0) is 75.7 Å². The Morgan fingerprint density at radius 2 is 0.710 bits per heavy atom. The van der Waals surface area contributed by atoms with Gasteiger partial charge in [0.05, 0.1) is 58.6 Å². The van der Waals surface area contributed by atoms with Crippen molar-refractivity contribution in [3.05, 3.63) is 87.5 Å². The fraction of sp³-hybridized carbons (Fsp3) is 0.609. The fourth-order valence-electron chi connectivity index (χ4n) is 8.23. The molecule has 0 amide bonds. The Morgan fingerprint density at radius 1 is 0.391 bits per heavy atom. The summed E-state index contributed by atoms with van der Waals surface area (Å²) in [7, 11) is -3.27. The smallest absolute Gasteiger partial charge is 0.490 e. The van der Waals surface area contributed by atoms with E-state index in [1.165, 1.54) is 6.42 Å². The normalized spacial score (nSPS) is 13.7. The Hall–Kier alpha value is -4.18. The summed E-state index contributed by atoms with van der Waals surface area (Å²) >= 11 is 0. The molecular weight excluding hydrogens is 967 g/mol. The third kappa shape index (κ3) is 17.6. The summed E-state index contributed by atoms with van der Waals surface area (Å²) in [5.74, 6) is -4.58. The quantitative estimate of drug-likeness (QED) is 0.0366. The first kappa shape index (κ1) is 59.1. The van der Waals surface area contributed by atoms with Crippen LogP contribution in [0.4, 0.5) is 79.0 Å². The number of rotatable bonds is 25. The van der Waals surface area contributed by atoms with Gasteiger partial charge in [-0.3, -0.25) is 0 Å². The van der Waals surface area contributed by atoms with Crippen LogP contribution in [0.15, 0.2) is 48.5 Å². The van der Waals surface area contributed by atoms with Crippen molar-refractivity contribution in [2.24, 2.45) is 0 Å². The molecule has 0 bridgehead atoms. The molecule has 69 heavy (non-hydrogen) atoms. The molecule has 0 saturated heterocycles. The minimum Gasteiger partial charge on any atom is -0.490 e. The molecule has 3 rings (SSSR count). The van der Waals surface area contributed by atoms with Gasteiger partial charge in [0, 0.05) is 6.42 Å². The number of alkyl halides is 18. The van der Waals surface area contributed by atoms with Crippen molar-refractivity contribution >= 4 is 7.32 Å². The number of halogens is 18. The highest BCUT2D eigenvalue weighted by Crippen LogP contribution is 2.49. The van der Waals surface area contributed by atoms with Crippen molar-refractivity contribution in [2.75, 3.05) is 19.6 Å². The lowest BCUT2D eigenvalue weighted by Gasteiger charge is -2.44. The Balaban J connectivity index is 2.30. The lowest BCUT2D eigenvalue weighted by Crippen LogP contribution is -2.51. The number of nitrogens with zero attached hydrogens (tertiary/aromatic N) is 1. The highest BCUT2D eigenvalue weighted by Gasteiger charge is 2.48. The number of benzene rings is 3. The van der Waals surface area contributed by atoms with Crippen LogP contribution in [0.2, 0.25) is 0 Å². The third-order valence-corrected chi connectivity index (χ3v) is 12.0. The first-order chi connectivity index (χ1) is 31.8. The van der Waals surface area contributed by atoms with Gasteiger partial charge in [-0.2, -0.15) is 79.0 Å². The molecule has 0 spiro atoms. The molecule has 1 unspecified atom stereocenters. The zero-order valence-corrected chi connectivity index (χ0v) is 38.3. The molecule has 0 aliphatic heterocycles. The van der Waals surface area contributed by atoms with Gasteiger partial charge in [0.1, 0.15) is 23.3 Å². The summed E-state index contributed by atoms with van der Waals surface area (Å²) in [6, 6.07) is -3.00. The van der Waals surface area contributed by atoms with Gasteiger partial charge in [-0.15, -0.1) is 0 Å². The second-order valence-electron chi connectivity index (χ2n) is 16.8. The second kappa shape index (κ2) is 24.3. The van der Waals surface area contributed by atoms with Gasteiger partial charge in [0.15, 0.2) is 0 Å². The van der Waals surface area contributed by atoms with Crippen LogP contribution in [0.25, 0.3) is 0 Å².